The molecule has 6 rings (SSSR count). The van der Waals surface area contributed by atoms with Gasteiger partial charge in [0.1, 0.15) is 12.1 Å². The molecule has 3 aromatic rings. The number of pyridine rings is 1. The molecule has 0 saturated carbocycles. The minimum atomic E-state index is -1.14. The van der Waals surface area contributed by atoms with E-state index >= 15 is 0 Å². The summed E-state index contributed by atoms with van der Waals surface area (Å²) in [6.07, 6.45) is 0.927. The Hall–Kier alpha value is -4.56. The van der Waals surface area contributed by atoms with Gasteiger partial charge in [0.05, 0.1) is 37.0 Å². The van der Waals surface area contributed by atoms with E-state index in [1.807, 2.05) is 86.6 Å². The number of hydrazine groups is 1. The number of carbonyl (C=O) groups is 3. The van der Waals surface area contributed by atoms with E-state index in [0.717, 1.165) is 35.2 Å². The van der Waals surface area contributed by atoms with Gasteiger partial charge in [-0.25, -0.2) is 14.6 Å². The molecule has 13 nitrogen and oxygen atoms in total. The fraction of sp³-hybridized carbons (Fsp3) is 0.474. The number of amides is 4. The second kappa shape index (κ2) is 17.1. The summed E-state index contributed by atoms with van der Waals surface area (Å²) in [7, 11) is 0. The van der Waals surface area contributed by atoms with Crippen molar-refractivity contribution in [1.82, 2.24) is 31.0 Å². The van der Waals surface area contributed by atoms with Crippen LogP contribution in [0.25, 0.3) is 11.3 Å². The standard InChI is InChI=1S/C38H48N6O7/c1-25(2)34(44-19-8-18-40-37(44)47)35(46)42-43(22-27-12-14-28(15-13-27)30-11-6-7-17-39-30)23-32(45)31(21-26-9-4-3-5-10-26)41-38(48)51-33-24-50-36-29(33)16-20-49-36/h3-7,9-15,17,25,29,31-34,36,45H,8,16,18-24H2,1-2H3,(H,40,47)(H,41,48)(H,42,46)/t29-,31-,32-,33-,34-,36+/m0/s1. The summed E-state index contributed by atoms with van der Waals surface area (Å²) in [6.45, 7) is 5.85. The van der Waals surface area contributed by atoms with E-state index < -0.39 is 30.4 Å². The molecule has 2 aromatic carbocycles. The number of aromatic nitrogens is 1. The Labute approximate surface area is 298 Å². The lowest BCUT2D eigenvalue weighted by atomic mass is 10.0. The maximum atomic E-state index is 14.0. The van der Waals surface area contributed by atoms with Crippen molar-refractivity contribution in [1.29, 1.82) is 0 Å². The van der Waals surface area contributed by atoms with Gasteiger partial charge in [0.25, 0.3) is 5.91 Å². The van der Waals surface area contributed by atoms with Crippen molar-refractivity contribution in [3.63, 3.8) is 0 Å². The molecule has 0 aliphatic carbocycles. The summed E-state index contributed by atoms with van der Waals surface area (Å²) in [5.74, 6) is -0.565. The largest absolute Gasteiger partial charge is 0.443 e. The van der Waals surface area contributed by atoms with Gasteiger partial charge in [-0.2, -0.15) is 0 Å². The summed E-state index contributed by atoms with van der Waals surface area (Å²) >= 11 is 0. The molecule has 272 valence electrons. The molecule has 1 aromatic heterocycles. The zero-order valence-corrected chi connectivity index (χ0v) is 29.1. The van der Waals surface area contributed by atoms with Gasteiger partial charge < -0.3 is 34.9 Å². The van der Waals surface area contributed by atoms with Crippen LogP contribution in [-0.2, 0) is 32.0 Å². The van der Waals surface area contributed by atoms with E-state index in [4.69, 9.17) is 14.2 Å². The van der Waals surface area contributed by atoms with Crippen molar-refractivity contribution in [2.45, 2.75) is 70.2 Å². The number of nitrogens with one attached hydrogen (secondary N) is 3. The van der Waals surface area contributed by atoms with Crippen LogP contribution in [0, 0.1) is 11.8 Å². The van der Waals surface area contributed by atoms with Gasteiger partial charge in [-0.1, -0.05) is 74.5 Å². The molecule has 51 heavy (non-hydrogen) atoms. The van der Waals surface area contributed by atoms with E-state index in [1.54, 1.807) is 16.1 Å². The summed E-state index contributed by atoms with van der Waals surface area (Å²) < 4.78 is 17.0. The zero-order valence-electron chi connectivity index (χ0n) is 29.1. The Balaban J connectivity index is 1.21. The van der Waals surface area contributed by atoms with Gasteiger partial charge in [-0.3, -0.25) is 15.2 Å². The molecule has 3 aliphatic heterocycles. The number of fused-ring (bicyclic) bond motifs is 1. The van der Waals surface area contributed by atoms with Crippen LogP contribution in [0.15, 0.2) is 79.0 Å². The minimum Gasteiger partial charge on any atom is -0.443 e. The molecule has 0 unspecified atom stereocenters. The number of nitrogens with zero attached hydrogens (tertiary/aromatic N) is 3. The topological polar surface area (TPSA) is 155 Å². The van der Waals surface area contributed by atoms with E-state index in [0.29, 0.717) is 26.1 Å². The number of rotatable bonds is 14. The lowest BCUT2D eigenvalue weighted by Crippen LogP contribution is -2.61. The molecule has 0 spiro atoms. The van der Waals surface area contributed by atoms with Gasteiger partial charge in [0, 0.05) is 37.9 Å². The Morgan fingerprint density at radius 1 is 1.06 bits per heavy atom. The molecule has 4 N–H and O–H groups in total. The zero-order chi connectivity index (χ0) is 35.7. The lowest BCUT2D eigenvalue weighted by molar-refractivity contribution is -0.133. The first-order valence-electron chi connectivity index (χ1n) is 17.8. The van der Waals surface area contributed by atoms with Crippen LogP contribution in [0.4, 0.5) is 9.59 Å². The van der Waals surface area contributed by atoms with Crippen LogP contribution in [0.2, 0.25) is 0 Å². The van der Waals surface area contributed by atoms with Crippen molar-refractivity contribution in [3.8, 4) is 11.3 Å². The summed E-state index contributed by atoms with van der Waals surface area (Å²) in [5, 5.41) is 19.2. The Kier molecular flexibility index (Phi) is 12.2. The van der Waals surface area contributed by atoms with Crippen molar-refractivity contribution in [2.24, 2.45) is 11.8 Å². The van der Waals surface area contributed by atoms with Crippen LogP contribution in [-0.4, -0.2) is 101 Å². The molecule has 4 amide bonds. The highest BCUT2D eigenvalue weighted by molar-refractivity contribution is 5.87. The number of hydrogen-bond acceptors (Lipinski definition) is 9. The quantitative estimate of drug-likeness (QED) is 0.185. The highest BCUT2D eigenvalue weighted by Crippen LogP contribution is 2.33. The number of ether oxygens (including phenoxy) is 3. The molecule has 3 fully saturated rings. The molecular formula is C38H48N6O7. The van der Waals surface area contributed by atoms with E-state index in [2.05, 4.69) is 21.0 Å². The lowest BCUT2D eigenvalue weighted by Gasteiger charge is -2.38. The Morgan fingerprint density at radius 3 is 2.57 bits per heavy atom. The van der Waals surface area contributed by atoms with E-state index in [-0.39, 0.29) is 49.8 Å². The van der Waals surface area contributed by atoms with Crippen LogP contribution in [0.3, 0.4) is 0 Å². The average Bonchev–Trinajstić information content (AvgIpc) is 3.75. The molecule has 3 aliphatic rings. The molecule has 3 saturated heterocycles. The minimum absolute atomic E-state index is 0.0288. The summed E-state index contributed by atoms with van der Waals surface area (Å²) in [4.78, 5) is 46.1. The number of alkyl carbamates (subject to hydrolysis) is 1. The monoisotopic (exact) mass is 700 g/mol. The van der Waals surface area contributed by atoms with Crippen LogP contribution < -0.4 is 16.1 Å². The van der Waals surface area contributed by atoms with Crippen LogP contribution in [0.5, 0.6) is 0 Å². The molecular weight excluding hydrogens is 652 g/mol. The third-order valence-electron chi connectivity index (χ3n) is 9.62. The first-order chi connectivity index (χ1) is 24.7. The highest BCUT2D eigenvalue weighted by Gasteiger charge is 2.44. The number of hydrogen-bond donors (Lipinski definition) is 4. The number of aliphatic hydroxyl groups excluding tert-OH is 1. The molecule has 4 heterocycles. The van der Waals surface area contributed by atoms with Gasteiger partial charge in [-0.05, 0) is 48.4 Å². The normalized spacial score (nSPS) is 21.9. The predicted octanol–water partition coefficient (Wildman–Crippen LogP) is 3.48. The Bertz CT molecular complexity index is 1600. The SMILES string of the molecule is CC(C)[C@@H](C(=O)NN(Cc1ccc(-c2ccccn2)cc1)C[C@H](O)[C@H](Cc1ccccc1)NC(=O)O[C@H]1CO[C@H]2OCC[C@H]21)N1CCCNC1=O. The predicted molar refractivity (Wildman–Crippen MR) is 189 cm³/mol. The maximum absolute atomic E-state index is 14.0. The highest BCUT2D eigenvalue weighted by atomic mass is 16.7. The number of urea groups is 1. The molecule has 0 radical (unpaired) electrons. The van der Waals surface area contributed by atoms with Crippen molar-refractivity contribution in [3.05, 3.63) is 90.1 Å². The van der Waals surface area contributed by atoms with Crippen LogP contribution in [0.1, 0.15) is 37.8 Å². The fourth-order valence-electron chi connectivity index (χ4n) is 7.00. The second-order valence-electron chi connectivity index (χ2n) is 13.7. The third-order valence-corrected chi connectivity index (χ3v) is 9.62. The van der Waals surface area contributed by atoms with Gasteiger partial charge >= 0.3 is 12.1 Å². The first kappa shape index (κ1) is 36.2. The molecule has 13 heteroatoms. The van der Waals surface area contributed by atoms with Gasteiger partial charge in [0.2, 0.25) is 0 Å². The average molecular weight is 701 g/mol. The second-order valence-corrected chi connectivity index (χ2v) is 13.7. The number of aliphatic hydroxyl groups is 1. The first-order valence-corrected chi connectivity index (χ1v) is 17.8. The fourth-order valence-corrected chi connectivity index (χ4v) is 7.00. The van der Waals surface area contributed by atoms with Gasteiger partial charge in [-0.15, -0.1) is 0 Å². The van der Waals surface area contributed by atoms with Crippen molar-refractivity contribution < 1.29 is 33.7 Å². The summed E-state index contributed by atoms with van der Waals surface area (Å²) in [5.41, 5.74) is 6.59. The van der Waals surface area contributed by atoms with Gasteiger partial charge in [0.15, 0.2) is 6.29 Å². The van der Waals surface area contributed by atoms with Crippen LogP contribution >= 0.6 is 0 Å². The smallest absolute Gasteiger partial charge is 0.407 e. The van der Waals surface area contributed by atoms with Crippen molar-refractivity contribution in [2.75, 3.05) is 32.8 Å². The molecule has 0 bridgehead atoms. The number of benzene rings is 2. The molecule has 6 atom stereocenters. The van der Waals surface area contributed by atoms with E-state index in [1.165, 1.54) is 0 Å². The third kappa shape index (κ3) is 9.41. The van der Waals surface area contributed by atoms with Crippen molar-refractivity contribution >= 4 is 18.0 Å². The number of carbonyl (C=O) groups excluding carboxylic acids is 3. The Morgan fingerprint density at radius 2 is 1.84 bits per heavy atom. The maximum Gasteiger partial charge on any atom is 0.407 e. The summed E-state index contributed by atoms with van der Waals surface area (Å²) in [6, 6.07) is 21.3. The van der Waals surface area contributed by atoms with E-state index in [9.17, 15) is 19.5 Å².